The second kappa shape index (κ2) is 7.36. The maximum absolute atomic E-state index is 13.2. The molecule has 1 amide bonds. The van der Waals surface area contributed by atoms with E-state index >= 15 is 0 Å². The summed E-state index contributed by atoms with van der Waals surface area (Å²) in [5.74, 6) is 1.43. The number of aryl methyl sites for hydroxylation is 1. The Morgan fingerprint density at radius 1 is 1.18 bits per heavy atom. The van der Waals surface area contributed by atoms with Crippen molar-refractivity contribution >= 4 is 22.4 Å². The molecule has 28 heavy (non-hydrogen) atoms. The van der Waals surface area contributed by atoms with Crippen molar-refractivity contribution in [1.29, 1.82) is 0 Å². The Labute approximate surface area is 168 Å². The van der Waals surface area contributed by atoms with E-state index in [2.05, 4.69) is 40.6 Å². The van der Waals surface area contributed by atoms with Gasteiger partial charge in [-0.25, -0.2) is 0 Å². The molecule has 5 nitrogen and oxygen atoms in total. The smallest absolute Gasteiger partial charge is 0.232 e. The predicted octanol–water partition coefficient (Wildman–Crippen LogP) is 5.39. The molecular formula is C22H23N3O2S. The van der Waals surface area contributed by atoms with Crippen LogP contribution in [0.15, 0.2) is 48.0 Å². The molecular weight excluding hydrogens is 370 g/mol. The van der Waals surface area contributed by atoms with Gasteiger partial charge in [-0.1, -0.05) is 68.9 Å². The molecule has 0 fully saturated rings. The third-order valence-electron chi connectivity index (χ3n) is 5.26. The first kappa shape index (κ1) is 18.6. The Morgan fingerprint density at radius 3 is 2.71 bits per heavy atom. The second-order valence-electron chi connectivity index (χ2n) is 7.61. The quantitative estimate of drug-likeness (QED) is 0.631. The number of carbonyl (C=O) groups excluding carboxylic acids is 1. The van der Waals surface area contributed by atoms with E-state index < -0.39 is 5.41 Å². The lowest BCUT2D eigenvalue weighted by atomic mass is 9.69. The van der Waals surface area contributed by atoms with Crippen LogP contribution in [-0.4, -0.2) is 16.1 Å². The summed E-state index contributed by atoms with van der Waals surface area (Å²) < 4.78 is 6.22. The van der Waals surface area contributed by atoms with Crippen LogP contribution >= 0.6 is 11.3 Å². The molecule has 0 bridgehead atoms. The van der Waals surface area contributed by atoms with Crippen LogP contribution in [0.2, 0.25) is 0 Å². The highest BCUT2D eigenvalue weighted by Gasteiger charge is 2.43. The summed E-state index contributed by atoms with van der Waals surface area (Å²) in [6.45, 7) is 6.11. The zero-order valence-electron chi connectivity index (χ0n) is 16.2. The van der Waals surface area contributed by atoms with Gasteiger partial charge in [-0.2, -0.15) is 0 Å². The molecule has 0 saturated carbocycles. The largest absolute Gasteiger partial charge is 0.457 e. The number of fused-ring (bicyclic) bond motifs is 2. The average molecular weight is 394 g/mol. The van der Waals surface area contributed by atoms with Crippen molar-refractivity contribution in [2.45, 2.75) is 39.5 Å². The van der Waals surface area contributed by atoms with E-state index in [9.17, 15) is 4.79 Å². The molecule has 6 heteroatoms. The predicted molar refractivity (Wildman–Crippen MR) is 111 cm³/mol. The average Bonchev–Trinajstić information content (AvgIpc) is 3.19. The highest BCUT2D eigenvalue weighted by atomic mass is 32.1. The van der Waals surface area contributed by atoms with Gasteiger partial charge in [0.2, 0.25) is 11.0 Å². The lowest BCUT2D eigenvalue weighted by Crippen LogP contribution is -2.38. The van der Waals surface area contributed by atoms with Gasteiger partial charge in [-0.15, -0.1) is 10.2 Å². The van der Waals surface area contributed by atoms with Gasteiger partial charge in [0.25, 0.3) is 0 Å². The zero-order valence-corrected chi connectivity index (χ0v) is 17.0. The number of hydrogen-bond acceptors (Lipinski definition) is 5. The number of rotatable bonds is 5. The number of carbonyl (C=O) groups is 1. The van der Waals surface area contributed by atoms with Crippen molar-refractivity contribution in [1.82, 2.24) is 10.2 Å². The molecule has 3 aromatic rings. The van der Waals surface area contributed by atoms with Gasteiger partial charge in [0.15, 0.2) is 0 Å². The van der Waals surface area contributed by atoms with E-state index in [1.165, 1.54) is 16.9 Å². The highest BCUT2D eigenvalue weighted by Crippen LogP contribution is 2.52. The number of amides is 1. The number of hydrogen-bond donors (Lipinski definition) is 1. The number of anilines is 1. The summed E-state index contributed by atoms with van der Waals surface area (Å²) in [5, 5.41) is 11.2. The Kier molecular flexibility index (Phi) is 4.89. The second-order valence-corrected chi connectivity index (χ2v) is 8.45. The van der Waals surface area contributed by atoms with Crippen LogP contribution in [0, 0.1) is 5.41 Å². The van der Waals surface area contributed by atoms with Crippen molar-refractivity contribution in [2.75, 3.05) is 5.32 Å². The molecule has 1 atom stereocenters. The Balaban J connectivity index is 1.78. The molecule has 144 valence electrons. The van der Waals surface area contributed by atoms with E-state index in [0.717, 1.165) is 35.5 Å². The molecule has 0 saturated heterocycles. The van der Waals surface area contributed by atoms with Crippen molar-refractivity contribution < 1.29 is 9.53 Å². The van der Waals surface area contributed by atoms with Gasteiger partial charge < -0.3 is 10.1 Å². The maximum Gasteiger partial charge on any atom is 0.232 e. The Hall–Kier alpha value is -2.73. The molecule has 0 unspecified atom stereocenters. The van der Waals surface area contributed by atoms with E-state index in [0.29, 0.717) is 5.13 Å². The topological polar surface area (TPSA) is 64.1 Å². The van der Waals surface area contributed by atoms with Crippen LogP contribution in [-0.2, 0) is 11.2 Å². The molecule has 1 N–H and O–H groups in total. The van der Waals surface area contributed by atoms with Crippen LogP contribution in [0.1, 0.15) is 49.8 Å². The monoisotopic (exact) mass is 393 g/mol. The van der Waals surface area contributed by atoms with Crippen molar-refractivity contribution in [3.05, 3.63) is 64.7 Å². The molecule has 0 radical (unpaired) electrons. The van der Waals surface area contributed by atoms with E-state index in [-0.39, 0.29) is 11.8 Å². The van der Waals surface area contributed by atoms with E-state index in [1.54, 1.807) is 5.51 Å². The van der Waals surface area contributed by atoms with Crippen LogP contribution in [0.3, 0.4) is 0 Å². The van der Waals surface area contributed by atoms with Crippen molar-refractivity contribution in [2.24, 2.45) is 5.41 Å². The molecule has 1 aliphatic heterocycles. The van der Waals surface area contributed by atoms with Crippen molar-refractivity contribution in [3.8, 4) is 11.5 Å². The summed E-state index contributed by atoms with van der Waals surface area (Å²) in [7, 11) is 0. The summed E-state index contributed by atoms with van der Waals surface area (Å²) in [5.41, 5.74) is 4.20. The Morgan fingerprint density at radius 2 is 1.96 bits per heavy atom. The van der Waals surface area contributed by atoms with Crippen LogP contribution < -0.4 is 10.1 Å². The molecule has 2 heterocycles. The lowest BCUT2D eigenvalue weighted by Gasteiger charge is -2.38. The first-order valence-electron chi connectivity index (χ1n) is 9.48. The van der Waals surface area contributed by atoms with Crippen LogP contribution in [0.5, 0.6) is 11.5 Å². The summed E-state index contributed by atoms with van der Waals surface area (Å²) in [4.78, 5) is 13.2. The fourth-order valence-corrected chi connectivity index (χ4v) is 4.28. The molecule has 0 spiro atoms. The highest BCUT2D eigenvalue weighted by molar-refractivity contribution is 7.13. The van der Waals surface area contributed by atoms with Gasteiger partial charge >= 0.3 is 0 Å². The van der Waals surface area contributed by atoms with Gasteiger partial charge in [0.1, 0.15) is 17.0 Å². The van der Waals surface area contributed by atoms with E-state index in [4.69, 9.17) is 4.74 Å². The standard InChI is InChI=1S/C22H23N3O2S/c1-4-7-14-10-11-16-18(12-14)27-17-9-6-5-8-15(17)19(16)22(2,3)20(26)24-21-25-23-13-28-21/h5-6,8-13,19H,4,7H2,1-3H3,(H,24,25,26)/t19-/m0/s1. The third kappa shape index (κ3) is 3.29. The van der Waals surface area contributed by atoms with Gasteiger partial charge in [0, 0.05) is 17.0 Å². The molecule has 2 aromatic carbocycles. The summed E-state index contributed by atoms with van der Waals surface area (Å²) >= 11 is 1.31. The summed E-state index contributed by atoms with van der Waals surface area (Å²) in [6, 6.07) is 14.3. The first-order valence-corrected chi connectivity index (χ1v) is 10.4. The first-order chi connectivity index (χ1) is 13.5. The van der Waals surface area contributed by atoms with Gasteiger partial charge in [-0.3, -0.25) is 4.79 Å². The number of nitrogens with one attached hydrogen (secondary N) is 1. The number of nitrogens with zero attached hydrogens (tertiary/aromatic N) is 2. The normalized spacial score (nSPS) is 15.3. The number of para-hydroxylation sites is 1. The molecule has 0 aliphatic carbocycles. The number of benzene rings is 2. The fourth-order valence-electron chi connectivity index (χ4n) is 3.84. The fraction of sp³-hybridized carbons (Fsp3) is 0.318. The Bertz CT molecular complexity index is 999. The van der Waals surface area contributed by atoms with E-state index in [1.807, 2.05) is 38.1 Å². The zero-order chi connectivity index (χ0) is 19.7. The molecule has 1 aromatic heterocycles. The lowest BCUT2D eigenvalue weighted by molar-refractivity contribution is -0.124. The minimum atomic E-state index is -0.716. The van der Waals surface area contributed by atoms with Crippen molar-refractivity contribution in [3.63, 3.8) is 0 Å². The SMILES string of the molecule is CCCc1ccc2c(c1)Oc1ccccc1[C@@H]2C(C)(C)C(=O)Nc1nncs1. The third-order valence-corrected chi connectivity index (χ3v) is 5.87. The van der Waals surface area contributed by atoms with Gasteiger partial charge in [0.05, 0.1) is 5.41 Å². The minimum absolute atomic E-state index is 0.0884. The van der Waals surface area contributed by atoms with Gasteiger partial charge in [-0.05, 0) is 24.1 Å². The molecule has 1 aliphatic rings. The van der Waals surface area contributed by atoms with Crippen LogP contribution in [0.4, 0.5) is 5.13 Å². The minimum Gasteiger partial charge on any atom is -0.457 e. The van der Waals surface area contributed by atoms with Crippen LogP contribution in [0.25, 0.3) is 0 Å². The number of ether oxygens (including phenoxy) is 1. The molecule has 4 rings (SSSR count). The summed E-state index contributed by atoms with van der Waals surface area (Å²) in [6.07, 6.45) is 2.08. The maximum atomic E-state index is 13.2. The number of aromatic nitrogens is 2.